The van der Waals surface area contributed by atoms with E-state index in [1.54, 1.807) is 11.3 Å². The van der Waals surface area contributed by atoms with E-state index in [2.05, 4.69) is 5.32 Å². The van der Waals surface area contributed by atoms with Crippen molar-refractivity contribution in [3.63, 3.8) is 0 Å². The molecule has 1 unspecified atom stereocenters. The molecule has 0 saturated carbocycles. The zero-order valence-electron chi connectivity index (χ0n) is 8.16. The topological polar surface area (TPSA) is 29.1 Å². The number of Topliss-reactive ketones (excluding diaryl/α,β-unsaturated/α-hetero) is 1. The fourth-order valence-corrected chi connectivity index (χ4v) is 2.55. The van der Waals surface area contributed by atoms with E-state index in [-0.39, 0.29) is 0 Å². The minimum Gasteiger partial charge on any atom is -0.316 e. The summed E-state index contributed by atoms with van der Waals surface area (Å²) in [6, 6.07) is 3.86. The molecule has 1 aromatic rings. The van der Waals surface area contributed by atoms with Gasteiger partial charge in [0.1, 0.15) is 0 Å². The summed E-state index contributed by atoms with van der Waals surface area (Å²) >= 11 is 1.55. The maximum absolute atomic E-state index is 11.7. The van der Waals surface area contributed by atoms with Crippen molar-refractivity contribution in [3.05, 3.63) is 22.4 Å². The molecule has 1 aliphatic heterocycles. The second kappa shape index (κ2) is 4.71. The standard InChI is InChI=1S/C11H15NOS/c13-10(11-2-1-7-14-11)4-3-9-5-6-12-8-9/h1-2,7,9,12H,3-6,8H2. The second-order valence-electron chi connectivity index (χ2n) is 3.80. The van der Waals surface area contributed by atoms with Gasteiger partial charge in [-0.05, 0) is 43.3 Å². The molecule has 2 rings (SSSR count). The molecule has 1 fully saturated rings. The van der Waals surface area contributed by atoms with Gasteiger partial charge < -0.3 is 5.32 Å². The Morgan fingerprint density at radius 2 is 2.57 bits per heavy atom. The van der Waals surface area contributed by atoms with E-state index in [9.17, 15) is 4.79 Å². The molecular formula is C11H15NOS. The Hall–Kier alpha value is -0.670. The Morgan fingerprint density at radius 3 is 3.21 bits per heavy atom. The minimum atomic E-state index is 0.312. The molecular weight excluding hydrogens is 194 g/mol. The molecule has 0 aromatic carbocycles. The first kappa shape index (κ1) is 9.87. The molecule has 14 heavy (non-hydrogen) atoms. The summed E-state index contributed by atoms with van der Waals surface area (Å²) in [7, 11) is 0. The van der Waals surface area contributed by atoms with Gasteiger partial charge in [0.15, 0.2) is 5.78 Å². The van der Waals surface area contributed by atoms with Crippen LogP contribution in [0.15, 0.2) is 17.5 Å². The molecule has 1 aliphatic rings. The van der Waals surface area contributed by atoms with Crippen LogP contribution in [-0.2, 0) is 0 Å². The molecule has 0 amide bonds. The number of hydrogen-bond acceptors (Lipinski definition) is 3. The van der Waals surface area contributed by atoms with Crippen LogP contribution < -0.4 is 5.32 Å². The molecule has 2 nitrogen and oxygen atoms in total. The van der Waals surface area contributed by atoms with E-state index in [1.165, 1.54) is 6.42 Å². The van der Waals surface area contributed by atoms with Gasteiger partial charge in [-0.25, -0.2) is 0 Å². The van der Waals surface area contributed by atoms with Crippen LogP contribution in [0.1, 0.15) is 28.9 Å². The van der Waals surface area contributed by atoms with Crippen molar-refractivity contribution >= 4 is 17.1 Å². The summed E-state index contributed by atoms with van der Waals surface area (Å²) in [6.07, 6.45) is 2.99. The minimum absolute atomic E-state index is 0.312. The number of carbonyl (C=O) groups is 1. The first-order valence-corrected chi connectivity index (χ1v) is 6.01. The Kier molecular flexibility index (Phi) is 3.32. The molecule has 76 valence electrons. The van der Waals surface area contributed by atoms with Gasteiger partial charge in [-0.15, -0.1) is 11.3 Å². The summed E-state index contributed by atoms with van der Waals surface area (Å²) in [5, 5.41) is 5.28. The molecule has 1 atom stereocenters. The summed E-state index contributed by atoms with van der Waals surface area (Å²) in [5.74, 6) is 1.03. The summed E-state index contributed by atoms with van der Waals surface area (Å²) in [5.41, 5.74) is 0. The van der Waals surface area contributed by atoms with Gasteiger partial charge in [-0.1, -0.05) is 6.07 Å². The summed E-state index contributed by atoms with van der Waals surface area (Å²) in [4.78, 5) is 12.6. The molecule has 0 radical (unpaired) electrons. The number of rotatable bonds is 4. The van der Waals surface area contributed by atoms with E-state index >= 15 is 0 Å². The van der Waals surface area contributed by atoms with Gasteiger partial charge in [-0.3, -0.25) is 4.79 Å². The molecule has 0 aliphatic carbocycles. The fourth-order valence-electron chi connectivity index (χ4n) is 1.86. The first-order valence-electron chi connectivity index (χ1n) is 5.13. The summed E-state index contributed by atoms with van der Waals surface area (Å²) < 4.78 is 0. The third-order valence-corrected chi connectivity index (χ3v) is 3.65. The molecule has 1 N–H and O–H groups in total. The van der Waals surface area contributed by atoms with Crippen LogP contribution in [0.3, 0.4) is 0 Å². The first-order chi connectivity index (χ1) is 6.86. The van der Waals surface area contributed by atoms with Gasteiger partial charge in [0.25, 0.3) is 0 Å². The molecule has 1 saturated heterocycles. The van der Waals surface area contributed by atoms with Crippen molar-refractivity contribution < 1.29 is 4.79 Å². The van der Waals surface area contributed by atoms with Crippen molar-refractivity contribution in [2.45, 2.75) is 19.3 Å². The lowest BCUT2D eigenvalue weighted by atomic mass is 10.0. The Balaban J connectivity index is 1.78. The lowest BCUT2D eigenvalue weighted by Gasteiger charge is -2.05. The van der Waals surface area contributed by atoms with Crippen molar-refractivity contribution in [2.24, 2.45) is 5.92 Å². The highest BCUT2D eigenvalue weighted by Gasteiger charge is 2.16. The van der Waals surface area contributed by atoms with Crippen LogP contribution in [0, 0.1) is 5.92 Å². The van der Waals surface area contributed by atoms with Gasteiger partial charge in [-0.2, -0.15) is 0 Å². The number of thiophene rings is 1. The quantitative estimate of drug-likeness (QED) is 0.771. The van der Waals surface area contributed by atoms with Gasteiger partial charge >= 0.3 is 0 Å². The predicted molar refractivity (Wildman–Crippen MR) is 58.9 cm³/mol. The van der Waals surface area contributed by atoms with Crippen LogP contribution in [0.5, 0.6) is 0 Å². The number of nitrogens with one attached hydrogen (secondary N) is 1. The smallest absolute Gasteiger partial charge is 0.172 e. The number of ketones is 1. The second-order valence-corrected chi connectivity index (χ2v) is 4.75. The fraction of sp³-hybridized carbons (Fsp3) is 0.545. The average molecular weight is 209 g/mol. The largest absolute Gasteiger partial charge is 0.316 e. The normalized spacial score (nSPS) is 21.3. The Labute approximate surface area is 88.3 Å². The van der Waals surface area contributed by atoms with Gasteiger partial charge in [0, 0.05) is 6.42 Å². The highest BCUT2D eigenvalue weighted by Crippen LogP contribution is 2.18. The maximum atomic E-state index is 11.7. The predicted octanol–water partition coefficient (Wildman–Crippen LogP) is 2.32. The van der Waals surface area contributed by atoms with E-state index in [4.69, 9.17) is 0 Å². The number of carbonyl (C=O) groups excluding carboxylic acids is 1. The highest BCUT2D eigenvalue weighted by atomic mass is 32.1. The summed E-state index contributed by atoms with van der Waals surface area (Å²) in [6.45, 7) is 2.22. The van der Waals surface area contributed by atoms with Crippen molar-refractivity contribution in [2.75, 3.05) is 13.1 Å². The van der Waals surface area contributed by atoms with E-state index in [0.717, 1.165) is 30.3 Å². The Morgan fingerprint density at radius 1 is 1.64 bits per heavy atom. The molecule has 3 heteroatoms. The zero-order chi connectivity index (χ0) is 9.80. The molecule has 0 spiro atoms. The van der Waals surface area contributed by atoms with Gasteiger partial charge in [0.05, 0.1) is 4.88 Å². The SMILES string of the molecule is O=C(CCC1CCNC1)c1cccs1. The number of hydrogen-bond donors (Lipinski definition) is 1. The molecule has 1 aromatic heterocycles. The highest BCUT2D eigenvalue weighted by molar-refractivity contribution is 7.12. The third kappa shape index (κ3) is 2.42. The monoisotopic (exact) mass is 209 g/mol. The zero-order valence-corrected chi connectivity index (χ0v) is 8.98. The van der Waals surface area contributed by atoms with Crippen molar-refractivity contribution in [1.82, 2.24) is 5.32 Å². The van der Waals surface area contributed by atoms with Gasteiger partial charge in [0.2, 0.25) is 0 Å². The van der Waals surface area contributed by atoms with E-state index in [0.29, 0.717) is 12.2 Å². The van der Waals surface area contributed by atoms with Crippen LogP contribution in [0.4, 0.5) is 0 Å². The van der Waals surface area contributed by atoms with Crippen molar-refractivity contribution in [3.8, 4) is 0 Å². The maximum Gasteiger partial charge on any atom is 0.172 e. The van der Waals surface area contributed by atoms with Crippen LogP contribution in [0.25, 0.3) is 0 Å². The van der Waals surface area contributed by atoms with E-state index < -0.39 is 0 Å². The Bertz CT molecular complexity index is 288. The average Bonchev–Trinajstić information content (AvgIpc) is 2.87. The van der Waals surface area contributed by atoms with E-state index in [1.807, 2.05) is 17.5 Å². The van der Waals surface area contributed by atoms with Crippen LogP contribution >= 0.6 is 11.3 Å². The third-order valence-electron chi connectivity index (χ3n) is 2.74. The lowest BCUT2D eigenvalue weighted by Crippen LogP contribution is -2.10. The molecule has 0 bridgehead atoms. The van der Waals surface area contributed by atoms with Crippen LogP contribution in [0.2, 0.25) is 0 Å². The molecule has 2 heterocycles. The lowest BCUT2D eigenvalue weighted by molar-refractivity contribution is 0.0978. The van der Waals surface area contributed by atoms with Crippen molar-refractivity contribution in [1.29, 1.82) is 0 Å². The van der Waals surface area contributed by atoms with Crippen LogP contribution in [-0.4, -0.2) is 18.9 Å².